The maximum Gasteiger partial charge on any atom is 0.209 e. The van der Waals surface area contributed by atoms with Crippen LogP contribution in [0.2, 0.25) is 0 Å². The number of nitrogens with zero attached hydrogens (tertiary/aromatic N) is 4. The van der Waals surface area contributed by atoms with Gasteiger partial charge in [0.15, 0.2) is 0 Å². The summed E-state index contributed by atoms with van der Waals surface area (Å²) in [6.07, 6.45) is 7.66. The lowest BCUT2D eigenvalue weighted by molar-refractivity contribution is 0.387. The lowest BCUT2D eigenvalue weighted by Crippen LogP contribution is -2.34. The zero-order valence-electron chi connectivity index (χ0n) is 10.9. The van der Waals surface area contributed by atoms with Crippen molar-refractivity contribution in [2.75, 3.05) is 6.54 Å². The Bertz CT molecular complexity index is 388. The van der Waals surface area contributed by atoms with Crippen molar-refractivity contribution >= 4 is 11.8 Å². The van der Waals surface area contributed by atoms with Crippen LogP contribution in [0.4, 0.5) is 0 Å². The van der Waals surface area contributed by atoms with Crippen molar-refractivity contribution in [3.63, 3.8) is 0 Å². The standard InChI is InChI=1S/C12H21N5S/c1-2-13-9-4-3-5-11(8-9)18-12-14-15-16-17(12)10-6-7-10/h9-11,13H,2-8H2,1H3. The molecule has 0 aliphatic heterocycles. The van der Waals surface area contributed by atoms with Crippen molar-refractivity contribution < 1.29 is 0 Å². The van der Waals surface area contributed by atoms with Crippen molar-refractivity contribution in [2.45, 2.75) is 67.9 Å². The zero-order chi connectivity index (χ0) is 12.4. The van der Waals surface area contributed by atoms with Crippen LogP contribution in [0.3, 0.4) is 0 Å². The molecule has 100 valence electrons. The van der Waals surface area contributed by atoms with E-state index < -0.39 is 0 Å². The normalized spacial score (nSPS) is 28.5. The number of hydrogen-bond acceptors (Lipinski definition) is 5. The highest BCUT2D eigenvalue weighted by Gasteiger charge is 2.30. The predicted molar refractivity (Wildman–Crippen MR) is 71.7 cm³/mol. The first-order valence-electron chi connectivity index (χ1n) is 7.04. The van der Waals surface area contributed by atoms with Crippen LogP contribution in [0.15, 0.2) is 5.16 Å². The molecular weight excluding hydrogens is 246 g/mol. The van der Waals surface area contributed by atoms with Crippen LogP contribution in [-0.2, 0) is 0 Å². The van der Waals surface area contributed by atoms with Crippen LogP contribution in [0.5, 0.6) is 0 Å². The molecule has 5 nitrogen and oxygen atoms in total. The van der Waals surface area contributed by atoms with E-state index in [-0.39, 0.29) is 0 Å². The van der Waals surface area contributed by atoms with Crippen molar-refractivity contribution in [3.8, 4) is 0 Å². The summed E-state index contributed by atoms with van der Waals surface area (Å²) in [4.78, 5) is 0. The lowest BCUT2D eigenvalue weighted by Gasteiger charge is -2.28. The number of rotatable bonds is 5. The number of nitrogens with one attached hydrogen (secondary N) is 1. The SMILES string of the molecule is CCNC1CCCC(Sc2nnnn2C2CC2)C1. The quantitative estimate of drug-likeness (QED) is 0.884. The van der Waals surface area contributed by atoms with Gasteiger partial charge in [0.2, 0.25) is 5.16 Å². The molecule has 0 bridgehead atoms. The minimum absolute atomic E-state index is 0.579. The summed E-state index contributed by atoms with van der Waals surface area (Å²) in [5, 5.41) is 17.4. The van der Waals surface area contributed by atoms with E-state index in [2.05, 4.69) is 27.8 Å². The summed E-state index contributed by atoms with van der Waals surface area (Å²) in [6, 6.07) is 1.27. The van der Waals surface area contributed by atoms with Crippen LogP contribution in [0.1, 0.15) is 51.5 Å². The molecule has 1 aromatic heterocycles. The van der Waals surface area contributed by atoms with Gasteiger partial charge in [-0.1, -0.05) is 25.1 Å². The van der Waals surface area contributed by atoms with Gasteiger partial charge in [-0.25, -0.2) is 4.68 Å². The molecule has 0 amide bonds. The molecule has 3 rings (SSSR count). The Kier molecular flexibility index (Phi) is 3.84. The lowest BCUT2D eigenvalue weighted by atomic mass is 9.95. The van der Waals surface area contributed by atoms with Gasteiger partial charge in [-0.15, -0.1) is 5.10 Å². The van der Waals surface area contributed by atoms with Crippen LogP contribution in [-0.4, -0.2) is 38.0 Å². The fourth-order valence-corrected chi connectivity index (χ4v) is 3.97. The van der Waals surface area contributed by atoms with Gasteiger partial charge < -0.3 is 5.32 Å². The summed E-state index contributed by atoms with van der Waals surface area (Å²) in [7, 11) is 0. The van der Waals surface area contributed by atoms with Crippen LogP contribution in [0.25, 0.3) is 0 Å². The molecule has 2 saturated carbocycles. The summed E-state index contributed by atoms with van der Waals surface area (Å²) in [6.45, 7) is 3.26. The monoisotopic (exact) mass is 267 g/mol. The van der Waals surface area contributed by atoms with E-state index in [1.807, 2.05) is 16.4 Å². The molecule has 0 spiro atoms. The smallest absolute Gasteiger partial charge is 0.209 e. The van der Waals surface area contributed by atoms with Crippen molar-refractivity contribution in [3.05, 3.63) is 0 Å². The maximum atomic E-state index is 4.19. The van der Waals surface area contributed by atoms with E-state index in [9.17, 15) is 0 Å². The molecule has 18 heavy (non-hydrogen) atoms. The summed E-state index contributed by atoms with van der Waals surface area (Å²) >= 11 is 1.88. The molecular formula is C12H21N5S. The number of thioether (sulfide) groups is 1. The van der Waals surface area contributed by atoms with E-state index in [0.717, 1.165) is 11.7 Å². The molecule has 2 aliphatic carbocycles. The fraction of sp³-hybridized carbons (Fsp3) is 0.917. The van der Waals surface area contributed by atoms with Gasteiger partial charge in [0.1, 0.15) is 0 Å². The van der Waals surface area contributed by atoms with E-state index in [1.165, 1.54) is 38.5 Å². The third-order valence-corrected chi connectivity index (χ3v) is 4.99. The van der Waals surface area contributed by atoms with E-state index in [4.69, 9.17) is 0 Å². The highest BCUT2D eigenvalue weighted by atomic mass is 32.2. The molecule has 6 heteroatoms. The molecule has 0 aromatic carbocycles. The van der Waals surface area contributed by atoms with Crippen LogP contribution in [0, 0.1) is 0 Å². The Morgan fingerprint density at radius 2 is 2.22 bits per heavy atom. The molecule has 2 aliphatic rings. The Hall–Kier alpha value is -0.620. The van der Waals surface area contributed by atoms with Gasteiger partial charge in [-0.2, -0.15) is 0 Å². The third-order valence-electron chi connectivity index (χ3n) is 3.75. The highest BCUT2D eigenvalue weighted by molar-refractivity contribution is 7.99. The summed E-state index contributed by atoms with van der Waals surface area (Å²) in [5.41, 5.74) is 0. The Morgan fingerprint density at radius 3 is 3.00 bits per heavy atom. The van der Waals surface area contributed by atoms with Crippen LogP contribution < -0.4 is 5.32 Å². The molecule has 1 aromatic rings. The second-order valence-electron chi connectivity index (χ2n) is 5.30. The van der Waals surface area contributed by atoms with Gasteiger partial charge in [0.05, 0.1) is 6.04 Å². The average Bonchev–Trinajstić information content (AvgIpc) is 3.12. The fourth-order valence-electron chi connectivity index (χ4n) is 2.69. The Balaban J connectivity index is 1.59. The van der Waals surface area contributed by atoms with Crippen LogP contribution >= 0.6 is 11.8 Å². The van der Waals surface area contributed by atoms with Gasteiger partial charge in [0.25, 0.3) is 0 Å². The highest BCUT2D eigenvalue weighted by Crippen LogP contribution is 2.39. The number of tetrazole rings is 1. The minimum atomic E-state index is 0.579. The van der Waals surface area contributed by atoms with E-state index >= 15 is 0 Å². The third kappa shape index (κ3) is 2.85. The minimum Gasteiger partial charge on any atom is -0.314 e. The van der Waals surface area contributed by atoms with Gasteiger partial charge in [-0.05, 0) is 49.1 Å². The second kappa shape index (κ2) is 5.57. The van der Waals surface area contributed by atoms with E-state index in [0.29, 0.717) is 17.3 Å². The Labute approximate surface area is 112 Å². The van der Waals surface area contributed by atoms with Crippen molar-refractivity contribution in [2.24, 2.45) is 0 Å². The zero-order valence-corrected chi connectivity index (χ0v) is 11.7. The first-order chi connectivity index (χ1) is 8.86. The maximum absolute atomic E-state index is 4.19. The molecule has 0 saturated heterocycles. The first kappa shape index (κ1) is 12.4. The Morgan fingerprint density at radius 1 is 1.33 bits per heavy atom. The van der Waals surface area contributed by atoms with E-state index in [1.54, 1.807) is 0 Å². The molecule has 0 radical (unpaired) electrons. The van der Waals surface area contributed by atoms with Gasteiger partial charge in [0, 0.05) is 11.3 Å². The molecule has 2 fully saturated rings. The summed E-state index contributed by atoms with van der Waals surface area (Å²) in [5.74, 6) is 0. The van der Waals surface area contributed by atoms with Gasteiger partial charge in [-0.3, -0.25) is 0 Å². The molecule has 1 N–H and O–H groups in total. The predicted octanol–water partition coefficient (Wildman–Crippen LogP) is 2.02. The topological polar surface area (TPSA) is 55.6 Å². The average molecular weight is 267 g/mol. The second-order valence-corrected chi connectivity index (χ2v) is 6.57. The molecule has 2 unspecified atom stereocenters. The van der Waals surface area contributed by atoms with Gasteiger partial charge >= 0.3 is 0 Å². The number of hydrogen-bond donors (Lipinski definition) is 1. The first-order valence-corrected chi connectivity index (χ1v) is 7.92. The summed E-state index contributed by atoms with van der Waals surface area (Å²) < 4.78 is 2.03. The largest absolute Gasteiger partial charge is 0.314 e. The van der Waals surface area contributed by atoms with Crippen molar-refractivity contribution in [1.29, 1.82) is 0 Å². The number of aromatic nitrogens is 4. The molecule has 1 heterocycles. The van der Waals surface area contributed by atoms with Crippen molar-refractivity contribution in [1.82, 2.24) is 25.5 Å². The molecule has 2 atom stereocenters.